The molecule has 4 aromatic rings. The van der Waals surface area contributed by atoms with Crippen LogP contribution in [-0.4, -0.2) is 21.7 Å². The minimum Gasteiger partial charge on any atom is -0.454 e. The largest absolute Gasteiger partial charge is 0.454 e. The van der Waals surface area contributed by atoms with Gasteiger partial charge in [0.15, 0.2) is 23.1 Å². The van der Waals surface area contributed by atoms with Crippen molar-refractivity contribution in [1.82, 2.24) is 15.0 Å². The van der Waals surface area contributed by atoms with Gasteiger partial charge < -0.3 is 25.8 Å². The summed E-state index contributed by atoms with van der Waals surface area (Å²) < 4.78 is 10.8. The van der Waals surface area contributed by atoms with Crippen LogP contribution in [0.2, 0.25) is 0 Å². The molecule has 144 valence electrons. The van der Waals surface area contributed by atoms with E-state index in [0.29, 0.717) is 28.8 Å². The molecular formula is C21H18N6O2. The number of hydrogen-bond donors (Lipinski definition) is 3. The second-order valence-corrected chi connectivity index (χ2v) is 6.63. The molecule has 8 heteroatoms. The van der Waals surface area contributed by atoms with Crippen LogP contribution >= 0.6 is 0 Å². The van der Waals surface area contributed by atoms with Crippen molar-refractivity contribution in [3.8, 4) is 11.5 Å². The lowest BCUT2D eigenvalue weighted by atomic mass is 10.1. The van der Waals surface area contributed by atoms with Crippen LogP contribution in [0.15, 0.2) is 54.9 Å². The van der Waals surface area contributed by atoms with Gasteiger partial charge in [0.05, 0.1) is 11.2 Å². The number of pyridine rings is 1. The van der Waals surface area contributed by atoms with Crippen LogP contribution < -0.4 is 25.8 Å². The second-order valence-electron chi connectivity index (χ2n) is 6.63. The van der Waals surface area contributed by atoms with E-state index in [9.17, 15) is 0 Å². The van der Waals surface area contributed by atoms with E-state index in [1.54, 1.807) is 0 Å². The predicted molar refractivity (Wildman–Crippen MR) is 112 cm³/mol. The van der Waals surface area contributed by atoms with Gasteiger partial charge in [-0.3, -0.25) is 4.98 Å². The average molecular weight is 386 g/mol. The Kier molecular flexibility index (Phi) is 4.02. The summed E-state index contributed by atoms with van der Waals surface area (Å²) in [6.45, 7) is 2.18. The van der Waals surface area contributed by atoms with Crippen molar-refractivity contribution < 1.29 is 9.47 Å². The van der Waals surface area contributed by atoms with Gasteiger partial charge in [0.1, 0.15) is 12.0 Å². The number of hydrogen-bond acceptors (Lipinski definition) is 8. The maximum absolute atomic E-state index is 6.34. The molecule has 3 heterocycles. The summed E-state index contributed by atoms with van der Waals surface area (Å²) in [4.78, 5) is 13.2. The van der Waals surface area contributed by atoms with Crippen LogP contribution in [0.3, 0.4) is 0 Å². The highest BCUT2D eigenvalue weighted by molar-refractivity contribution is 5.93. The highest BCUT2D eigenvalue weighted by Crippen LogP contribution is 2.36. The summed E-state index contributed by atoms with van der Waals surface area (Å²) in [6.07, 6.45) is 1.46. The SMILES string of the molecule is Cc1ccc2cccc(Nc3ncnc(Nc4ccc5c(c4)OCO5)c3N)c2n1. The Morgan fingerprint density at radius 2 is 1.76 bits per heavy atom. The lowest BCUT2D eigenvalue weighted by Gasteiger charge is -2.14. The summed E-state index contributed by atoms with van der Waals surface area (Å²) >= 11 is 0. The van der Waals surface area contributed by atoms with Gasteiger partial charge in [-0.25, -0.2) is 9.97 Å². The van der Waals surface area contributed by atoms with Crippen molar-refractivity contribution in [2.75, 3.05) is 23.2 Å². The third kappa shape index (κ3) is 3.20. The molecule has 0 saturated heterocycles. The maximum atomic E-state index is 6.34. The molecule has 0 atom stereocenters. The lowest BCUT2D eigenvalue weighted by molar-refractivity contribution is 0.174. The predicted octanol–water partition coefficient (Wildman–Crippen LogP) is 4.13. The first-order valence-electron chi connectivity index (χ1n) is 9.08. The monoisotopic (exact) mass is 386 g/mol. The van der Waals surface area contributed by atoms with Gasteiger partial charge in [-0.2, -0.15) is 0 Å². The summed E-state index contributed by atoms with van der Waals surface area (Å²) in [5.41, 5.74) is 10.1. The fourth-order valence-corrected chi connectivity index (χ4v) is 3.18. The Hall–Kier alpha value is -4.07. The van der Waals surface area contributed by atoms with Crippen molar-refractivity contribution >= 4 is 39.6 Å². The van der Waals surface area contributed by atoms with Gasteiger partial charge in [-0.15, -0.1) is 0 Å². The van der Waals surface area contributed by atoms with Crippen molar-refractivity contribution in [3.05, 3.63) is 60.6 Å². The smallest absolute Gasteiger partial charge is 0.231 e. The van der Waals surface area contributed by atoms with Gasteiger partial charge in [0.2, 0.25) is 6.79 Å². The van der Waals surface area contributed by atoms with Crippen LogP contribution in [0.4, 0.5) is 28.7 Å². The number of nitrogens with one attached hydrogen (secondary N) is 2. The molecule has 29 heavy (non-hydrogen) atoms. The first kappa shape index (κ1) is 17.1. The van der Waals surface area contributed by atoms with Crippen LogP contribution in [-0.2, 0) is 0 Å². The number of rotatable bonds is 4. The molecular weight excluding hydrogens is 368 g/mol. The number of nitrogens with zero attached hydrogens (tertiary/aromatic N) is 3. The first-order valence-corrected chi connectivity index (χ1v) is 9.08. The summed E-state index contributed by atoms with van der Waals surface area (Å²) in [6, 6.07) is 15.5. The zero-order chi connectivity index (χ0) is 19.8. The van der Waals surface area contributed by atoms with Gasteiger partial charge in [0.25, 0.3) is 0 Å². The van der Waals surface area contributed by atoms with E-state index in [0.717, 1.165) is 28.0 Å². The molecule has 8 nitrogen and oxygen atoms in total. The minimum absolute atomic E-state index is 0.223. The number of para-hydroxylation sites is 1. The topological polar surface area (TPSA) is 107 Å². The van der Waals surface area contributed by atoms with Crippen molar-refractivity contribution in [2.24, 2.45) is 0 Å². The van der Waals surface area contributed by atoms with Crippen LogP contribution in [0.25, 0.3) is 10.9 Å². The van der Waals surface area contributed by atoms with Crippen LogP contribution in [0.1, 0.15) is 5.69 Å². The molecule has 5 rings (SSSR count). The number of nitrogens with two attached hydrogens (primary N) is 1. The van der Waals surface area contributed by atoms with Gasteiger partial charge in [-0.1, -0.05) is 18.2 Å². The lowest BCUT2D eigenvalue weighted by Crippen LogP contribution is -2.05. The van der Waals surface area contributed by atoms with E-state index < -0.39 is 0 Å². The van der Waals surface area contributed by atoms with Crippen molar-refractivity contribution in [2.45, 2.75) is 6.92 Å². The van der Waals surface area contributed by atoms with Gasteiger partial charge >= 0.3 is 0 Å². The molecule has 2 aromatic heterocycles. The number of nitrogen functional groups attached to an aromatic ring is 1. The molecule has 0 unspecified atom stereocenters. The molecule has 0 spiro atoms. The zero-order valence-electron chi connectivity index (χ0n) is 15.6. The second kappa shape index (κ2) is 6.83. The Labute approximate surface area is 166 Å². The molecule has 1 aliphatic rings. The highest BCUT2D eigenvalue weighted by Gasteiger charge is 2.15. The number of ether oxygens (including phenoxy) is 2. The number of aromatic nitrogens is 3. The maximum Gasteiger partial charge on any atom is 0.231 e. The van der Waals surface area contributed by atoms with Crippen LogP contribution in [0.5, 0.6) is 11.5 Å². The third-order valence-electron chi connectivity index (χ3n) is 4.63. The summed E-state index contributed by atoms with van der Waals surface area (Å²) in [7, 11) is 0. The Morgan fingerprint density at radius 1 is 0.931 bits per heavy atom. The molecule has 0 radical (unpaired) electrons. The van der Waals surface area contributed by atoms with E-state index in [4.69, 9.17) is 15.2 Å². The number of fused-ring (bicyclic) bond motifs is 2. The number of anilines is 5. The third-order valence-corrected chi connectivity index (χ3v) is 4.63. The number of benzene rings is 2. The Morgan fingerprint density at radius 3 is 2.66 bits per heavy atom. The highest BCUT2D eigenvalue weighted by atomic mass is 16.7. The van der Waals surface area contributed by atoms with E-state index in [2.05, 4.69) is 25.6 Å². The van der Waals surface area contributed by atoms with E-state index in [-0.39, 0.29) is 6.79 Å². The molecule has 0 aliphatic carbocycles. The number of aryl methyl sites for hydroxylation is 1. The standard InChI is InChI=1S/C21H18N6O2/c1-12-5-6-13-3-2-4-15(19(13)25-12)27-21-18(22)20(23-10-24-21)26-14-7-8-16-17(9-14)29-11-28-16/h2-10H,11,22H2,1H3,(H2,23,24,26,27). The molecule has 0 amide bonds. The fourth-order valence-electron chi connectivity index (χ4n) is 3.18. The molecule has 1 aliphatic heterocycles. The minimum atomic E-state index is 0.223. The average Bonchev–Trinajstić information content (AvgIpc) is 3.19. The zero-order valence-corrected chi connectivity index (χ0v) is 15.6. The van der Waals surface area contributed by atoms with E-state index >= 15 is 0 Å². The van der Waals surface area contributed by atoms with Gasteiger partial charge in [-0.05, 0) is 31.2 Å². The molecule has 2 aromatic carbocycles. The normalized spacial score (nSPS) is 12.2. The fraction of sp³-hybridized carbons (Fsp3) is 0.0952. The molecule has 0 fully saturated rings. The van der Waals surface area contributed by atoms with Crippen LogP contribution in [0, 0.1) is 6.92 Å². The first-order chi connectivity index (χ1) is 14.2. The Bertz CT molecular complexity index is 1230. The summed E-state index contributed by atoms with van der Waals surface area (Å²) in [5, 5.41) is 7.53. The Balaban J connectivity index is 1.46. The van der Waals surface area contributed by atoms with Crippen molar-refractivity contribution in [3.63, 3.8) is 0 Å². The summed E-state index contributed by atoms with van der Waals surface area (Å²) in [5.74, 6) is 2.38. The van der Waals surface area contributed by atoms with E-state index in [1.165, 1.54) is 6.33 Å². The van der Waals surface area contributed by atoms with Crippen molar-refractivity contribution in [1.29, 1.82) is 0 Å². The molecule has 4 N–H and O–H groups in total. The van der Waals surface area contributed by atoms with E-state index in [1.807, 2.05) is 55.5 Å². The van der Waals surface area contributed by atoms with Gasteiger partial charge in [0, 0.05) is 22.8 Å². The molecule has 0 bridgehead atoms. The quantitative estimate of drug-likeness (QED) is 0.480. The molecule has 0 saturated carbocycles.